The van der Waals surface area contributed by atoms with Gasteiger partial charge in [0.2, 0.25) is 5.91 Å². The summed E-state index contributed by atoms with van der Waals surface area (Å²) in [5.41, 5.74) is -3.87. The molecule has 0 unspecified atom stereocenters. The number of benzene rings is 3. The molecule has 1 saturated heterocycles. The minimum atomic E-state index is -5.84. The summed E-state index contributed by atoms with van der Waals surface area (Å²) in [6, 6.07) is 17.2. The number of esters is 1. The molecular weight excluding hydrogens is 669 g/mol. The van der Waals surface area contributed by atoms with Gasteiger partial charge in [-0.25, -0.2) is 4.39 Å². The summed E-state index contributed by atoms with van der Waals surface area (Å²) in [6.45, 7) is 1.26. The average molecular weight is 691 g/mol. The van der Waals surface area contributed by atoms with E-state index in [0.717, 1.165) is 21.3 Å². The second kappa shape index (κ2) is 11.7. The highest BCUT2D eigenvalue weighted by Gasteiger charge is 2.50. The van der Waals surface area contributed by atoms with E-state index in [2.05, 4.69) is 26.8 Å². The fraction of sp³-hybridized carbons (Fsp3) is 0.259. The Morgan fingerprint density at radius 2 is 1.60 bits per heavy atom. The number of amides is 1. The van der Waals surface area contributed by atoms with Crippen molar-refractivity contribution in [3.63, 3.8) is 0 Å². The van der Waals surface area contributed by atoms with Crippen molar-refractivity contribution < 1.29 is 44.5 Å². The molecule has 212 valence electrons. The van der Waals surface area contributed by atoms with Crippen LogP contribution < -0.4 is 9.08 Å². The van der Waals surface area contributed by atoms with E-state index in [1.54, 1.807) is 0 Å². The highest BCUT2D eigenvalue weighted by Crippen LogP contribution is 2.47. The van der Waals surface area contributed by atoms with Crippen LogP contribution in [0.4, 0.5) is 23.2 Å². The van der Waals surface area contributed by atoms with Crippen molar-refractivity contribution in [1.82, 2.24) is 0 Å². The molecule has 1 aliphatic rings. The predicted octanol–water partition coefficient (Wildman–Crippen LogP) is 6.45. The molecule has 1 fully saturated rings. The molecular formula is C27H22F4INO6S. The second-order valence-corrected chi connectivity index (χ2v) is 11.8. The smallest absolute Gasteiger partial charge is 0.458 e. The molecule has 0 aliphatic carbocycles. The minimum Gasteiger partial charge on any atom is -0.458 e. The lowest BCUT2D eigenvalue weighted by molar-refractivity contribution is -0.147. The lowest BCUT2D eigenvalue weighted by Gasteiger charge is -2.48. The molecule has 0 aromatic heterocycles. The van der Waals surface area contributed by atoms with Crippen molar-refractivity contribution in [2.75, 3.05) is 4.90 Å². The molecule has 7 nitrogen and oxygen atoms in total. The SMILES string of the molecule is CC(=O)O[C@@H](CC[C@H]1C(=O)N(c2ccc(OS(=O)(=O)C(F)(F)F)cc2)[C@@H]1c1ccc(I)cc1)c1ccc(F)cc1. The van der Waals surface area contributed by atoms with Crippen LogP contribution in [0.25, 0.3) is 0 Å². The summed E-state index contributed by atoms with van der Waals surface area (Å²) >= 11 is 2.14. The van der Waals surface area contributed by atoms with Crippen molar-refractivity contribution in [2.24, 2.45) is 5.92 Å². The number of hydrogen-bond donors (Lipinski definition) is 0. The van der Waals surface area contributed by atoms with Crippen molar-refractivity contribution in [3.8, 4) is 5.75 Å². The van der Waals surface area contributed by atoms with Gasteiger partial charge >= 0.3 is 21.6 Å². The van der Waals surface area contributed by atoms with Crippen LogP contribution in [-0.2, 0) is 24.4 Å². The number of hydrogen-bond acceptors (Lipinski definition) is 6. The molecule has 0 bridgehead atoms. The minimum absolute atomic E-state index is 0.276. The van der Waals surface area contributed by atoms with Gasteiger partial charge in [0.25, 0.3) is 0 Å². The number of carbonyl (C=O) groups is 2. The molecule has 1 aliphatic heterocycles. The Morgan fingerprint density at radius 3 is 2.15 bits per heavy atom. The summed E-state index contributed by atoms with van der Waals surface area (Å²) < 4.78 is 84.6. The predicted molar refractivity (Wildman–Crippen MR) is 145 cm³/mol. The molecule has 40 heavy (non-hydrogen) atoms. The quantitative estimate of drug-likeness (QED) is 0.0641. The molecule has 1 heterocycles. The van der Waals surface area contributed by atoms with Crippen molar-refractivity contribution in [2.45, 2.75) is 37.4 Å². The number of ether oxygens (including phenoxy) is 1. The van der Waals surface area contributed by atoms with Crippen LogP contribution in [0.15, 0.2) is 72.8 Å². The lowest BCUT2D eigenvalue weighted by atomic mass is 9.78. The molecule has 0 spiro atoms. The Balaban J connectivity index is 1.57. The van der Waals surface area contributed by atoms with Gasteiger partial charge in [-0.05, 0) is 95.1 Å². The highest BCUT2D eigenvalue weighted by atomic mass is 127. The molecule has 0 saturated carbocycles. The Morgan fingerprint density at radius 1 is 1.00 bits per heavy atom. The Kier molecular flexibility index (Phi) is 8.73. The Bertz CT molecular complexity index is 1480. The van der Waals surface area contributed by atoms with Crippen LogP contribution >= 0.6 is 22.6 Å². The summed E-state index contributed by atoms with van der Waals surface area (Å²) in [4.78, 5) is 26.6. The van der Waals surface area contributed by atoms with E-state index >= 15 is 0 Å². The zero-order valence-electron chi connectivity index (χ0n) is 20.8. The number of anilines is 1. The maximum atomic E-state index is 13.4. The van der Waals surface area contributed by atoms with E-state index in [0.29, 0.717) is 17.7 Å². The van der Waals surface area contributed by atoms with Crippen LogP contribution in [-0.4, -0.2) is 25.8 Å². The van der Waals surface area contributed by atoms with Crippen molar-refractivity contribution >= 4 is 50.3 Å². The molecule has 1 amide bonds. The van der Waals surface area contributed by atoms with Crippen LogP contribution in [0.2, 0.25) is 0 Å². The van der Waals surface area contributed by atoms with Crippen molar-refractivity contribution in [1.29, 1.82) is 0 Å². The first-order valence-corrected chi connectivity index (χ1v) is 14.4. The van der Waals surface area contributed by atoms with Gasteiger partial charge in [0.1, 0.15) is 17.7 Å². The molecule has 13 heteroatoms. The van der Waals surface area contributed by atoms with Gasteiger partial charge in [0.15, 0.2) is 0 Å². The molecule has 0 N–H and O–H groups in total. The largest absolute Gasteiger partial charge is 0.534 e. The van der Waals surface area contributed by atoms with Crippen LogP contribution in [0.5, 0.6) is 5.75 Å². The lowest BCUT2D eigenvalue weighted by Crippen LogP contribution is -2.55. The van der Waals surface area contributed by atoms with Crippen molar-refractivity contribution in [3.05, 3.63) is 93.3 Å². The zero-order valence-corrected chi connectivity index (χ0v) is 23.7. The standard InChI is InChI=1S/C27H22F4INO6S/c1-16(34)38-24(17-2-6-19(28)7-3-17)15-14-23-25(18-4-8-20(32)9-5-18)33(26(23)35)21-10-12-22(13-11-21)39-40(36,37)27(29,30)31/h2-13,23-25H,14-15H2,1H3/t23-,24+,25-/m1/s1. The first kappa shape index (κ1) is 29.8. The number of rotatable bonds is 9. The third-order valence-electron chi connectivity index (χ3n) is 6.32. The number of carbonyl (C=O) groups excluding carboxylic acids is 2. The van der Waals surface area contributed by atoms with Gasteiger partial charge in [-0.15, -0.1) is 0 Å². The summed E-state index contributed by atoms with van der Waals surface area (Å²) in [6.07, 6.45) is -0.116. The number of β-lactam (4-membered cyclic amide) rings is 1. The van der Waals surface area contributed by atoms with Gasteiger partial charge in [-0.3, -0.25) is 9.59 Å². The van der Waals surface area contributed by atoms with E-state index in [4.69, 9.17) is 4.74 Å². The highest BCUT2D eigenvalue weighted by molar-refractivity contribution is 14.1. The first-order valence-electron chi connectivity index (χ1n) is 11.9. The van der Waals surface area contributed by atoms with Gasteiger partial charge < -0.3 is 13.8 Å². The molecule has 3 atom stereocenters. The van der Waals surface area contributed by atoms with Gasteiger partial charge in [-0.2, -0.15) is 21.6 Å². The maximum Gasteiger partial charge on any atom is 0.534 e. The van der Waals surface area contributed by atoms with E-state index < -0.39 is 51.2 Å². The van der Waals surface area contributed by atoms with Gasteiger partial charge in [0.05, 0.1) is 12.0 Å². The van der Waals surface area contributed by atoms with E-state index in [1.807, 2.05) is 24.3 Å². The first-order chi connectivity index (χ1) is 18.8. The third kappa shape index (κ3) is 6.57. The normalized spacial score (nSPS) is 18.1. The van der Waals surface area contributed by atoms with Gasteiger partial charge in [0, 0.05) is 16.2 Å². The Labute approximate surface area is 241 Å². The summed E-state index contributed by atoms with van der Waals surface area (Å²) in [5.74, 6) is -2.33. The Hall–Kier alpha value is -3.20. The summed E-state index contributed by atoms with van der Waals surface area (Å²) in [7, 11) is -5.84. The third-order valence-corrected chi connectivity index (χ3v) is 8.02. The molecule has 0 radical (unpaired) electrons. The van der Waals surface area contributed by atoms with Crippen LogP contribution in [0.3, 0.4) is 0 Å². The fourth-order valence-electron chi connectivity index (χ4n) is 4.50. The van der Waals surface area contributed by atoms with E-state index in [1.165, 1.54) is 48.2 Å². The number of nitrogens with zero attached hydrogens (tertiary/aromatic N) is 1. The van der Waals surface area contributed by atoms with E-state index in [-0.39, 0.29) is 12.3 Å². The van der Waals surface area contributed by atoms with E-state index in [9.17, 15) is 35.6 Å². The zero-order chi connectivity index (χ0) is 29.2. The average Bonchev–Trinajstić information content (AvgIpc) is 2.88. The van der Waals surface area contributed by atoms with Crippen LogP contribution in [0, 0.1) is 15.3 Å². The fourth-order valence-corrected chi connectivity index (χ4v) is 5.32. The maximum absolute atomic E-state index is 13.4. The molecule has 3 aromatic rings. The topological polar surface area (TPSA) is 90.0 Å². The second-order valence-electron chi connectivity index (χ2n) is 9.02. The number of alkyl halides is 3. The number of halogens is 5. The molecule has 3 aromatic carbocycles. The van der Waals surface area contributed by atoms with Crippen LogP contribution in [0.1, 0.15) is 43.0 Å². The summed E-state index contributed by atoms with van der Waals surface area (Å²) in [5, 5.41) is 0. The monoisotopic (exact) mass is 691 g/mol. The van der Waals surface area contributed by atoms with Gasteiger partial charge in [-0.1, -0.05) is 24.3 Å². The molecule has 4 rings (SSSR count).